The first-order valence-electron chi connectivity index (χ1n) is 5.66. The standard InChI is InChI=1S/C9H10ClF.C6H3F2.CH3.K/c1-6(2)7-3-8(10)5-9(11)4-7;7-5-2-1-3-6(8)4-5;;/h3-6H,1-2H3;2-4H;1H3;/q;2*-1;+1. The van der Waals surface area contributed by atoms with Gasteiger partial charge in [0.25, 0.3) is 0 Å². The molecule has 0 N–H and O–H groups in total. The molecule has 110 valence electrons. The summed E-state index contributed by atoms with van der Waals surface area (Å²) in [6.45, 7) is 4.01. The van der Waals surface area contributed by atoms with Gasteiger partial charge >= 0.3 is 51.4 Å². The molecule has 5 heteroatoms. The molecular formula is C16H16ClF3K-. The van der Waals surface area contributed by atoms with E-state index in [0.29, 0.717) is 10.9 Å². The summed E-state index contributed by atoms with van der Waals surface area (Å²) in [6.07, 6.45) is 0. The normalized spacial score (nSPS) is 9.10. The van der Waals surface area contributed by atoms with E-state index in [1.807, 2.05) is 13.8 Å². The fraction of sp³-hybridized carbons (Fsp3) is 0.188. The molecule has 2 aromatic rings. The summed E-state index contributed by atoms with van der Waals surface area (Å²) in [5, 5.41) is 0.466. The van der Waals surface area contributed by atoms with Gasteiger partial charge in [-0.1, -0.05) is 25.4 Å². The Bertz CT molecular complexity index is 507. The predicted molar refractivity (Wildman–Crippen MR) is 77.1 cm³/mol. The Morgan fingerprint density at radius 2 is 1.43 bits per heavy atom. The Labute approximate surface area is 172 Å². The molecule has 0 atom stereocenters. The van der Waals surface area contributed by atoms with Crippen molar-refractivity contribution in [2.75, 3.05) is 0 Å². The molecule has 0 nitrogen and oxygen atoms in total. The fourth-order valence-electron chi connectivity index (χ4n) is 1.32. The van der Waals surface area contributed by atoms with Crippen molar-refractivity contribution in [2.45, 2.75) is 19.8 Å². The Morgan fingerprint density at radius 3 is 1.76 bits per heavy atom. The smallest absolute Gasteiger partial charge is 0.358 e. The molecular weight excluding hydrogens is 324 g/mol. The van der Waals surface area contributed by atoms with Crippen molar-refractivity contribution < 1.29 is 64.6 Å². The molecule has 0 bridgehead atoms. The van der Waals surface area contributed by atoms with Crippen LogP contribution < -0.4 is 51.4 Å². The summed E-state index contributed by atoms with van der Waals surface area (Å²) in [6, 6.07) is 9.84. The van der Waals surface area contributed by atoms with Crippen molar-refractivity contribution in [3.63, 3.8) is 0 Å². The summed E-state index contributed by atoms with van der Waals surface area (Å²) in [5.74, 6) is -1.13. The van der Waals surface area contributed by atoms with Gasteiger partial charge in [0.2, 0.25) is 0 Å². The van der Waals surface area contributed by atoms with Crippen molar-refractivity contribution in [2.24, 2.45) is 0 Å². The number of benzene rings is 2. The summed E-state index contributed by atoms with van der Waals surface area (Å²) in [5.41, 5.74) is 0.940. The van der Waals surface area contributed by atoms with Crippen LogP contribution in [0.15, 0.2) is 36.4 Å². The minimum Gasteiger partial charge on any atom is -0.358 e. The van der Waals surface area contributed by atoms with Gasteiger partial charge in [0.05, 0.1) is 0 Å². The van der Waals surface area contributed by atoms with E-state index in [-0.39, 0.29) is 64.6 Å². The third-order valence-corrected chi connectivity index (χ3v) is 2.49. The second-order valence-corrected chi connectivity index (χ2v) is 4.66. The van der Waals surface area contributed by atoms with Gasteiger partial charge in [-0.2, -0.15) is 6.07 Å². The van der Waals surface area contributed by atoms with Crippen molar-refractivity contribution in [3.05, 3.63) is 77.9 Å². The summed E-state index contributed by atoms with van der Waals surface area (Å²) in [4.78, 5) is 0. The molecule has 0 spiro atoms. The van der Waals surface area contributed by atoms with Crippen LogP contribution >= 0.6 is 11.6 Å². The van der Waals surface area contributed by atoms with E-state index in [1.54, 1.807) is 6.07 Å². The number of hydrogen-bond donors (Lipinski definition) is 0. The summed E-state index contributed by atoms with van der Waals surface area (Å²) in [7, 11) is 0. The van der Waals surface area contributed by atoms with Crippen molar-refractivity contribution in [1.29, 1.82) is 0 Å². The Morgan fingerprint density at radius 1 is 0.905 bits per heavy atom. The molecule has 2 rings (SSSR count). The monoisotopic (exact) mass is 339 g/mol. The quantitative estimate of drug-likeness (QED) is 0.553. The number of halogens is 4. The van der Waals surface area contributed by atoms with Crippen LogP contribution in [0, 0.1) is 30.9 Å². The molecule has 0 amide bonds. The van der Waals surface area contributed by atoms with Gasteiger partial charge in [0, 0.05) is 16.7 Å². The average molecular weight is 340 g/mol. The topological polar surface area (TPSA) is 0 Å². The van der Waals surface area contributed by atoms with E-state index in [9.17, 15) is 13.2 Å². The zero-order valence-corrected chi connectivity index (χ0v) is 16.4. The molecule has 21 heavy (non-hydrogen) atoms. The van der Waals surface area contributed by atoms with E-state index in [2.05, 4.69) is 6.07 Å². The van der Waals surface area contributed by atoms with Gasteiger partial charge in [-0.05, 0) is 29.7 Å². The average Bonchev–Trinajstić information content (AvgIpc) is 2.28. The molecule has 0 radical (unpaired) electrons. The first kappa shape index (κ1) is 23.4. The van der Waals surface area contributed by atoms with Gasteiger partial charge in [-0.3, -0.25) is 8.78 Å². The Balaban J connectivity index is 0. The van der Waals surface area contributed by atoms with Crippen molar-refractivity contribution >= 4 is 11.6 Å². The maximum atomic E-state index is 12.7. The molecule has 0 heterocycles. The van der Waals surface area contributed by atoms with Gasteiger partial charge in [-0.15, -0.1) is 18.2 Å². The zero-order chi connectivity index (χ0) is 14.4. The van der Waals surface area contributed by atoms with Crippen LogP contribution in [0.1, 0.15) is 25.3 Å². The van der Waals surface area contributed by atoms with E-state index >= 15 is 0 Å². The molecule has 0 aliphatic carbocycles. The van der Waals surface area contributed by atoms with Gasteiger partial charge in [-0.25, -0.2) is 4.39 Å². The summed E-state index contributed by atoms with van der Waals surface area (Å²) < 4.78 is 36.5. The van der Waals surface area contributed by atoms with Crippen molar-refractivity contribution in [3.8, 4) is 0 Å². The Hall–Kier alpha value is 0.156. The fourth-order valence-corrected chi connectivity index (χ4v) is 1.55. The number of rotatable bonds is 1. The molecule has 0 saturated heterocycles. The summed E-state index contributed by atoms with van der Waals surface area (Å²) >= 11 is 5.65. The first-order valence-corrected chi connectivity index (χ1v) is 6.04. The van der Waals surface area contributed by atoms with E-state index in [0.717, 1.165) is 23.8 Å². The van der Waals surface area contributed by atoms with Crippen LogP contribution in [0.2, 0.25) is 5.02 Å². The van der Waals surface area contributed by atoms with Gasteiger partial charge < -0.3 is 7.43 Å². The molecule has 0 aliphatic rings. The molecule has 0 fully saturated rings. The Kier molecular flexibility index (Phi) is 13.0. The third kappa shape index (κ3) is 9.71. The zero-order valence-electron chi connectivity index (χ0n) is 12.6. The largest absolute Gasteiger partial charge is 1.00 e. The van der Waals surface area contributed by atoms with E-state index in [1.165, 1.54) is 12.1 Å². The second-order valence-electron chi connectivity index (χ2n) is 4.23. The third-order valence-electron chi connectivity index (χ3n) is 2.27. The van der Waals surface area contributed by atoms with Crippen LogP contribution in [0.5, 0.6) is 0 Å². The van der Waals surface area contributed by atoms with Crippen molar-refractivity contribution in [1.82, 2.24) is 0 Å². The van der Waals surface area contributed by atoms with Crippen LogP contribution in [0.4, 0.5) is 13.2 Å². The van der Waals surface area contributed by atoms with E-state index in [4.69, 9.17) is 11.6 Å². The number of hydrogen-bond acceptors (Lipinski definition) is 0. The molecule has 2 aromatic carbocycles. The van der Waals surface area contributed by atoms with E-state index < -0.39 is 11.6 Å². The van der Waals surface area contributed by atoms with Crippen LogP contribution in [0.25, 0.3) is 0 Å². The van der Waals surface area contributed by atoms with Gasteiger partial charge in [0.1, 0.15) is 5.82 Å². The molecule has 0 unspecified atom stereocenters. The molecule has 0 aromatic heterocycles. The predicted octanol–water partition coefficient (Wildman–Crippen LogP) is 2.82. The van der Waals surface area contributed by atoms with Crippen LogP contribution in [-0.4, -0.2) is 0 Å². The first-order chi connectivity index (χ1) is 8.88. The minimum absolute atomic E-state index is 0. The maximum absolute atomic E-state index is 12.7. The SMILES string of the molecule is CC(C)c1cc(F)cc(Cl)c1.Fc1c[c-]cc(F)c1.[CH3-].[K+]. The minimum atomic E-state index is -0.593. The molecule has 0 saturated carbocycles. The second kappa shape index (κ2) is 11.7. The van der Waals surface area contributed by atoms with Gasteiger partial charge in [0.15, 0.2) is 0 Å². The van der Waals surface area contributed by atoms with Crippen LogP contribution in [-0.2, 0) is 0 Å². The molecule has 0 aliphatic heterocycles. The maximum Gasteiger partial charge on any atom is 1.00 e. The van der Waals surface area contributed by atoms with Crippen LogP contribution in [0.3, 0.4) is 0 Å².